The van der Waals surface area contributed by atoms with Gasteiger partial charge in [-0.15, -0.1) is 0 Å². The number of esters is 3. The second-order valence-electron chi connectivity index (χ2n) is 5.95. The van der Waals surface area contributed by atoms with E-state index in [9.17, 15) is 14.4 Å². The van der Waals surface area contributed by atoms with Crippen LogP contribution in [0.3, 0.4) is 0 Å². The maximum absolute atomic E-state index is 10.9. The van der Waals surface area contributed by atoms with Gasteiger partial charge in [-0.2, -0.15) is 0 Å². The zero-order valence-corrected chi connectivity index (χ0v) is 18.0. The number of hydrogen-bond acceptors (Lipinski definition) is 6. The first kappa shape index (κ1) is 29.4. The SMILES string of the molecule is C=C(C)C(=O)OC.C=C(C)C(=O)OCC.C=CC(=O)OC(C)(CC)CCC. The van der Waals surface area contributed by atoms with Crippen molar-refractivity contribution in [3.63, 3.8) is 0 Å². The number of rotatable bonds is 8. The molecule has 156 valence electrons. The van der Waals surface area contributed by atoms with Crippen molar-refractivity contribution < 1.29 is 28.6 Å². The van der Waals surface area contributed by atoms with E-state index in [-0.39, 0.29) is 23.5 Å². The highest BCUT2D eigenvalue weighted by Crippen LogP contribution is 2.21. The Hall–Kier alpha value is -2.37. The van der Waals surface area contributed by atoms with Crippen molar-refractivity contribution in [1.82, 2.24) is 0 Å². The first-order valence-corrected chi connectivity index (χ1v) is 8.86. The molecule has 0 aliphatic carbocycles. The molecule has 6 nitrogen and oxygen atoms in total. The zero-order chi connectivity index (χ0) is 22.0. The van der Waals surface area contributed by atoms with Gasteiger partial charge in [0.05, 0.1) is 13.7 Å². The molecular formula is C21H36O6. The lowest BCUT2D eigenvalue weighted by atomic mass is 9.97. The van der Waals surface area contributed by atoms with Gasteiger partial charge in [0.15, 0.2) is 0 Å². The monoisotopic (exact) mass is 384 g/mol. The summed E-state index contributed by atoms with van der Waals surface area (Å²) >= 11 is 0. The molecule has 0 aliphatic rings. The molecule has 0 aromatic carbocycles. The Balaban J connectivity index is -0.000000336. The fourth-order valence-electron chi connectivity index (χ4n) is 1.54. The first-order chi connectivity index (χ1) is 12.4. The standard InChI is InChI=1S/C10H18O2.C6H10O2.C5H8O2/c1-5-8-10(4,7-3)12-9(11)6-2;1-4-8-6(7)5(2)3;1-4(2)5(6)7-3/h6H,2,5,7-8H2,1,3-4H3;2,4H2,1,3H3;1H2,2-3H3. The summed E-state index contributed by atoms with van der Waals surface area (Å²) in [7, 11) is 1.33. The van der Waals surface area contributed by atoms with Crippen LogP contribution in [0.25, 0.3) is 0 Å². The molecule has 0 fully saturated rings. The van der Waals surface area contributed by atoms with Crippen molar-refractivity contribution in [3.8, 4) is 0 Å². The maximum Gasteiger partial charge on any atom is 0.333 e. The van der Waals surface area contributed by atoms with Crippen LogP contribution in [0.1, 0.15) is 60.8 Å². The van der Waals surface area contributed by atoms with Gasteiger partial charge in [0.25, 0.3) is 0 Å². The summed E-state index contributed by atoms with van der Waals surface area (Å²) in [5, 5.41) is 0. The van der Waals surface area contributed by atoms with Gasteiger partial charge in [0.2, 0.25) is 0 Å². The van der Waals surface area contributed by atoms with E-state index in [1.165, 1.54) is 13.2 Å². The van der Waals surface area contributed by atoms with Gasteiger partial charge in [-0.1, -0.05) is 40.0 Å². The van der Waals surface area contributed by atoms with Crippen molar-refractivity contribution in [3.05, 3.63) is 37.0 Å². The normalized spacial score (nSPS) is 11.1. The maximum atomic E-state index is 10.9. The van der Waals surface area contributed by atoms with Crippen molar-refractivity contribution in [1.29, 1.82) is 0 Å². The van der Waals surface area contributed by atoms with E-state index >= 15 is 0 Å². The predicted octanol–water partition coefficient (Wildman–Crippen LogP) is 4.55. The van der Waals surface area contributed by atoms with Gasteiger partial charge in [0.1, 0.15) is 5.60 Å². The third kappa shape index (κ3) is 18.2. The minimum atomic E-state index is -0.347. The van der Waals surface area contributed by atoms with Gasteiger partial charge >= 0.3 is 17.9 Å². The van der Waals surface area contributed by atoms with Crippen LogP contribution in [0.5, 0.6) is 0 Å². The molecule has 0 aromatic rings. The Bertz CT molecular complexity index is 507. The largest absolute Gasteiger partial charge is 0.466 e. The lowest BCUT2D eigenvalue weighted by Gasteiger charge is -2.27. The molecule has 1 unspecified atom stereocenters. The molecular weight excluding hydrogens is 348 g/mol. The summed E-state index contributed by atoms with van der Waals surface area (Å²) < 4.78 is 14.1. The van der Waals surface area contributed by atoms with E-state index < -0.39 is 0 Å². The molecule has 0 N–H and O–H groups in total. The van der Waals surface area contributed by atoms with Gasteiger partial charge in [-0.05, 0) is 40.5 Å². The average molecular weight is 385 g/mol. The van der Waals surface area contributed by atoms with Crippen LogP contribution in [0.2, 0.25) is 0 Å². The van der Waals surface area contributed by atoms with E-state index in [0.29, 0.717) is 17.8 Å². The number of carbonyl (C=O) groups excluding carboxylic acids is 3. The second-order valence-corrected chi connectivity index (χ2v) is 5.95. The molecule has 0 saturated carbocycles. The smallest absolute Gasteiger partial charge is 0.333 e. The third-order valence-electron chi connectivity index (χ3n) is 3.20. The van der Waals surface area contributed by atoms with Gasteiger partial charge in [0, 0.05) is 17.2 Å². The molecule has 0 saturated heterocycles. The Kier molecular flexibility index (Phi) is 18.6. The summed E-state index contributed by atoms with van der Waals surface area (Å²) in [4.78, 5) is 31.5. The van der Waals surface area contributed by atoms with E-state index in [1.54, 1.807) is 20.8 Å². The van der Waals surface area contributed by atoms with Crippen LogP contribution in [0.4, 0.5) is 0 Å². The Morgan fingerprint density at radius 2 is 1.48 bits per heavy atom. The lowest BCUT2D eigenvalue weighted by Crippen LogP contribution is -2.29. The zero-order valence-electron chi connectivity index (χ0n) is 18.0. The summed E-state index contributed by atoms with van der Waals surface area (Å²) in [6, 6.07) is 0. The van der Waals surface area contributed by atoms with Crippen LogP contribution >= 0.6 is 0 Å². The van der Waals surface area contributed by atoms with Crippen molar-refractivity contribution in [2.24, 2.45) is 0 Å². The number of ether oxygens (including phenoxy) is 3. The van der Waals surface area contributed by atoms with Gasteiger partial charge < -0.3 is 14.2 Å². The summed E-state index contributed by atoms with van der Waals surface area (Å²) in [5.74, 6) is -0.986. The lowest BCUT2D eigenvalue weighted by molar-refractivity contribution is -0.152. The highest BCUT2D eigenvalue weighted by molar-refractivity contribution is 5.87. The summed E-state index contributed by atoms with van der Waals surface area (Å²) in [6.45, 7) is 21.6. The second kappa shape index (κ2) is 17.1. The Morgan fingerprint density at radius 1 is 1.00 bits per heavy atom. The van der Waals surface area contributed by atoms with E-state index in [0.717, 1.165) is 19.3 Å². The highest BCUT2D eigenvalue weighted by Gasteiger charge is 2.24. The van der Waals surface area contributed by atoms with E-state index in [1.807, 2.05) is 13.8 Å². The molecule has 0 amide bonds. The van der Waals surface area contributed by atoms with Crippen LogP contribution in [0, 0.1) is 0 Å². The molecule has 0 bridgehead atoms. The van der Waals surface area contributed by atoms with Crippen molar-refractivity contribution >= 4 is 17.9 Å². The third-order valence-corrected chi connectivity index (χ3v) is 3.20. The van der Waals surface area contributed by atoms with Crippen LogP contribution in [0.15, 0.2) is 37.0 Å². The number of carbonyl (C=O) groups is 3. The van der Waals surface area contributed by atoms with Crippen molar-refractivity contribution in [2.45, 2.75) is 66.4 Å². The van der Waals surface area contributed by atoms with Crippen LogP contribution in [-0.4, -0.2) is 37.2 Å². The Morgan fingerprint density at radius 3 is 1.67 bits per heavy atom. The van der Waals surface area contributed by atoms with Crippen LogP contribution < -0.4 is 0 Å². The molecule has 0 radical (unpaired) electrons. The average Bonchev–Trinajstić information content (AvgIpc) is 2.62. The molecule has 0 heterocycles. The fourth-order valence-corrected chi connectivity index (χ4v) is 1.54. The molecule has 0 aromatic heterocycles. The van der Waals surface area contributed by atoms with Crippen LogP contribution in [-0.2, 0) is 28.6 Å². The molecule has 1 atom stereocenters. The van der Waals surface area contributed by atoms with E-state index in [4.69, 9.17) is 4.74 Å². The molecule has 0 aliphatic heterocycles. The van der Waals surface area contributed by atoms with Crippen molar-refractivity contribution in [2.75, 3.05) is 13.7 Å². The molecule has 0 rings (SSSR count). The molecule has 27 heavy (non-hydrogen) atoms. The molecule has 0 spiro atoms. The first-order valence-electron chi connectivity index (χ1n) is 8.86. The topological polar surface area (TPSA) is 78.9 Å². The minimum absolute atomic E-state index is 0.306. The quantitative estimate of drug-likeness (QED) is 0.347. The number of hydrogen-bond donors (Lipinski definition) is 0. The molecule has 6 heteroatoms. The van der Waals surface area contributed by atoms with Gasteiger partial charge in [-0.25, -0.2) is 14.4 Å². The highest BCUT2D eigenvalue weighted by atomic mass is 16.6. The predicted molar refractivity (Wildman–Crippen MR) is 108 cm³/mol. The Labute approximate surface area is 164 Å². The summed E-state index contributed by atoms with van der Waals surface area (Å²) in [5.41, 5.74) is 0.578. The minimum Gasteiger partial charge on any atom is -0.466 e. The number of methoxy groups -OCH3 is 1. The summed E-state index contributed by atoms with van der Waals surface area (Å²) in [6.07, 6.45) is 3.99. The van der Waals surface area contributed by atoms with Gasteiger partial charge in [-0.3, -0.25) is 0 Å². The van der Waals surface area contributed by atoms with E-state index in [2.05, 4.69) is 36.1 Å². The fraction of sp³-hybridized carbons (Fsp3) is 0.571.